The molecule has 0 aliphatic heterocycles. The van der Waals surface area contributed by atoms with Gasteiger partial charge in [0.1, 0.15) is 0 Å². The summed E-state index contributed by atoms with van der Waals surface area (Å²) in [5, 5.41) is 1.10. The van der Waals surface area contributed by atoms with E-state index in [4.69, 9.17) is 4.74 Å². The molecular formula is C17H20N2O3. The first kappa shape index (κ1) is 14.6. The molecule has 1 aliphatic carbocycles. The van der Waals surface area contributed by atoms with Gasteiger partial charge in [-0.05, 0) is 49.4 Å². The lowest BCUT2D eigenvalue weighted by molar-refractivity contribution is -0.131. The number of carbonyl (C=O) groups is 2. The number of aromatic amines is 1. The molecule has 0 fully saturated rings. The fourth-order valence-corrected chi connectivity index (χ4v) is 2.87. The van der Waals surface area contributed by atoms with Crippen molar-refractivity contribution in [1.29, 1.82) is 0 Å². The van der Waals surface area contributed by atoms with Gasteiger partial charge in [-0.2, -0.15) is 0 Å². The SMILES string of the molecule is CN(C)C(=O)COC(=O)c1ccc2[nH]c3c(c2c1)CCCC3. The Hall–Kier alpha value is -2.30. The molecule has 5 nitrogen and oxygen atoms in total. The van der Waals surface area contributed by atoms with Crippen molar-refractivity contribution < 1.29 is 14.3 Å². The average molecular weight is 300 g/mol. The second kappa shape index (κ2) is 5.83. The van der Waals surface area contributed by atoms with Gasteiger partial charge in [0, 0.05) is 30.7 Å². The van der Waals surface area contributed by atoms with Crippen LogP contribution in [0.4, 0.5) is 0 Å². The fourth-order valence-electron chi connectivity index (χ4n) is 2.87. The van der Waals surface area contributed by atoms with Crippen molar-refractivity contribution in [3.63, 3.8) is 0 Å². The third-order valence-corrected chi connectivity index (χ3v) is 4.16. The third kappa shape index (κ3) is 2.71. The van der Waals surface area contributed by atoms with Crippen LogP contribution in [0.2, 0.25) is 0 Å². The number of H-pyrrole nitrogens is 1. The number of nitrogens with zero attached hydrogens (tertiary/aromatic N) is 1. The van der Waals surface area contributed by atoms with Gasteiger partial charge >= 0.3 is 5.97 Å². The Labute approximate surface area is 129 Å². The molecule has 0 radical (unpaired) electrons. The normalized spacial score (nSPS) is 13.7. The number of ether oxygens (including phenoxy) is 1. The summed E-state index contributed by atoms with van der Waals surface area (Å²) in [5.74, 6) is -0.684. The van der Waals surface area contributed by atoms with Crippen LogP contribution >= 0.6 is 0 Å². The van der Waals surface area contributed by atoms with E-state index in [9.17, 15) is 9.59 Å². The first-order valence-electron chi connectivity index (χ1n) is 7.57. The summed E-state index contributed by atoms with van der Waals surface area (Å²) >= 11 is 0. The third-order valence-electron chi connectivity index (χ3n) is 4.16. The zero-order valence-electron chi connectivity index (χ0n) is 12.9. The predicted molar refractivity (Wildman–Crippen MR) is 83.9 cm³/mol. The van der Waals surface area contributed by atoms with Crippen LogP contribution < -0.4 is 0 Å². The van der Waals surface area contributed by atoms with Crippen molar-refractivity contribution in [2.45, 2.75) is 25.7 Å². The van der Waals surface area contributed by atoms with Crippen LogP contribution in [0.25, 0.3) is 10.9 Å². The van der Waals surface area contributed by atoms with Crippen LogP contribution in [0, 0.1) is 0 Å². The molecule has 2 aromatic rings. The Morgan fingerprint density at radius 3 is 2.77 bits per heavy atom. The van der Waals surface area contributed by atoms with Crippen LogP contribution in [0.5, 0.6) is 0 Å². The van der Waals surface area contributed by atoms with Gasteiger partial charge in [-0.3, -0.25) is 4.79 Å². The van der Waals surface area contributed by atoms with Gasteiger partial charge < -0.3 is 14.6 Å². The molecule has 0 spiro atoms. The number of rotatable bonds is 3. The summed E-state index contributed by atoms with van der Waals surface area (Å²) in [6.45, 7) is -0.227. The van der Waals surface area contributed by atoms with Crippen LogP contribution in [0.1, 0.15) is 34.5 Å². The number of carbonyl (C=O) groups excluding carboxylic acids is 2. The highest BCUT2D eigenvalue weighted by molar-refractivity contribution is 5.97. The lowest BCUT2D eigenvalue weighted by atomic mass is 9.95. The number of nitrogens with one attached hydrogen (secondary N) is 1. The number of benzene rings is 1. The number of hydrogen-bond acceptors (Lipinski definition) is 3. The molecule has 1 N–H and O–H groups in total. The second-order valence-electron chi connectivity index (χ2n) is 5.91. The molecule has 1 aliphatic rings. The second-order valence-corrected chi connectivity index (χ2v) is 5.91. The molecule has 0 saturated heterocycles. The van der Waals surface area contributed by atoms with E-state index < -0.39 is 5.97 Å². The molecular weight excluding hydrogens is 280 g/mol. The number of aromatic nitrogens is 1. The Bertz CT molecular complexity index is 731. The van der Waals surface area contributed by atoms with E-state index in [2.05, 4.69) is 4.98 Å². The lowest BCUT2D eigenvalue weighted by Crippen LogP contribution is -2.27. The largest absolute Gasteiger partial charge is 0.452 e. The van der Waals surface area contributed by atoms with E-state index in [-0.39, 0.29) is 12.5 Å². The quantitative estimate of drug-likeness (QED) is 0.885. The predicted octanol–water partition coefficient (Wildman–Crippen LogP) is 2.29. The summed E-state index contributed by atoms with van der Waals surface area (Å²) in [4.78, 5) is 28.4. The summed E-state index contributed by atoms with van der Waals surface area (Å²) in [6.07, 6.45) is 4.52. The molecule has 1 amide bonds. The molecule has 0 unspecified atom stereocenters. The molecule has 22 heavy (non-hydrogen) atoms. The summed E-state index contributed by atoms with van der Waals surface area (Å²) in [5.41, 5.74) is 4.16. The molecule has 1 aromatic heterocycles. The highest BCUT2D eigenvalue weighted by Crippen LogP contribution is 2.29. The molecule has 5 heteroatoms. The van der Waals surface area contributed by atoms with Crippen molar-refractivity contribution >= 4 is 22.8 Å². The molecule has 116 valence electrons. The maximum atomic E-state index is 12.1. The number of esters is 1. The Kier molecular flexibility index (Phi) is 3.88. The summed E-state index contributed by atoms with van der Waals surface area (Å²) in [6, 6.07) is 5.53. The van der Waals surface area contributed by atoms with Crippen LogP contribution in [-0.4, -0.2) is 42.5 Å². The van der Waals surface area contributed by atoms with Crippen molar-refractivity contribution in [2.24, 2.45) is 0 Å². The number of amides is 1. The highest BCUT2D eigenvalue weighted by Gasteiger charge is 2.17. The van der Waals surface area contributed by atoms with E-state index in [0.29, 0.717) is 5.56 Å². The number of likely N-dealkylation sites (N-methyl/N-ethyl adjacent to an activating group) is 1. The summed E-state index contributed by atoms with van der Waals surface area (Å²) in [7, 11) is 3.27. The zero-order valence-corrected chi connectivity index (χ0v) is 12.9. The minimum Gasteiger partial charge on any atom is -0.452 e. The molecule has 1 heterocycles. The fraction of sp³-hybridized carbons (Fsp3) is 0.412. The van der Waals surface area contributed by atoms with Crippen LogP contribution in [-0.2, 0) is 22.4 Å². The lowest BCUT2D eigenvalue weighted by Gasteiger charge is -2.11. The molecule has 0 bridgehead atoms. The van der Waals surface area contributed by atoms with E-state index in [1.807, 2.05) is 12.1 Å². The molecule has 0 saturated carbocycles. The van der Waals surface area contributed by atoms with Gasteiger partial charge in [0.05, 0.1) is 5.56 Å². The van der Waals surface area contributed by atoms with Crippen LogP contribution in [0.3, 0.4) is 0 Å². The van der Waals surface area contributed by atoms with Crippen molar-refractivity contribution in [3.8, 4) is 0 Å². The Morgan fingerprint density at radius 1 is 1.23 bits per heavy atom. The molecule has 1 aromatic carbocycles. The monoisotopic (exact) mass is 300 g/mol. The minimum atomic E-state index is -0.456. The van der Waals surface area contributed by atoms with E-state index in [1.165, 1.54) is 29.0 Å². The topological polar surface area (TPSA) is 62.4 Å². The van der Waals surface area contributed by atoms with Gasteiger partial charge in [-0.25, -0.2) is 4.79 Å². The number of hydrogen-bond donors (Lipinski definition) is 1. The van der Waals surface area contributed by atoms with E-state index in [1.54, 1.807) is 20.2 Å². The number of fused-ring (bicyclic) bond motifs is 3. The Morgan fingerprint density at radius 2 is 2.00 bits per heavy atom. The van der Waals surface area contributed by atoms with E-state index >= 15 is 0 Å². The van der Waals surface area contributed by atoms with Gasteiger partial charge in [0.2, 0.25) is 0 Å². The van der Waals surface area contributed by atoms with Crippen molar-refractivity contribution in [1.82, 2.24) is 9.88 Å². The maximum Gasteiger partial charge on any atom is 0.338 e. The van der Waals surface area contributed by atoms with Crippen LogP contribution in [0.15, 0.2) is 18.2 Å². The average Bonchev–Trinajstić information content (AvgIpc) is 2.89. The first-order chi connectivity index (χ1) is 10.6. The standard InChI is InChI=1S/C17H20N2O3/c1-19(2)16(20)10-22-17(21)11-7-8-15-13(9-11)12-5-3-4-6-14(12)18-15/h7-9,18H,3-6,10H2,1-2H3. The van der Waals surface area contributed by atoms with Gasteiger partial charge in [0.15, 0.2) is 6.61 Å². The first-order valence-corrected chi connectivity index (χ1v) is 7.57. The van der Waals surface area contributed by atoms with Crippen molar-refractivity contribution in [3.05, 3.63) is 35.0 Å². The van der Waals surface area contributed by atoms with Gasteiger partial charge in [-0.1, -0.05) is 0 Å². The minimum absolute atomic E-state index is 0.227. The number of aryl methyl sites for hydroxylation is 2. The zero-order chi connectivity index (χ0) is 15.7. The van der Waals surface area contributed by atoms with Gasteiger partial charge in [0.25, 0.3) is 5.91 Å². The molecule has 0 atom stereocenters. The van der Waals surface area contributed by atoms with Crippen molar-refractivity contribution in [2.75, 3.05) is 20.7 Å². The highest BCUT2D eigenvalue weighted by atomic mass is 16.5. The van der Waals surface area contributed by atoms with E-state index in [0.717, 1.165) is 23.7 Å². The molecule has 3 rings (SSSR count). The van der Waals surface area contributed by atoms with Gasteiger partial charge in [-0.15, -0.1) is 0 Å². The maximum absolute atomic E-state index is 12.1. The smallest absolute Gasteiger partial charge is 0.338 e. The Balaban J connectivity index is 1.82. The summed E-state index contributed by atoms with van der Waals surface area (Å²) < 4.78 is 5.08.